The summed E-state index contributed by atoms with van der Waals surface area (Å²) in [6.45, 7) is 1.53. The van der Waals surface area contributed by atoms with Crippen molar-refractivity contribution in [3.05, 3.63) is 18.6 Å². The lowest BCUT2D eigenvalue weighted by molar-refractivity contribution is 0.0417. The van der Waals surface area contributed by atoms with Crippen molar-refractivity contribution < 1.29 is 9.53 Å². The van der Waals surface area contributed by atoms with Gasteiger partial charge in [0.15, 0.2) is 0 Å². The number of rotatable bonds is 4. The molecule has 3 aromatic rings. The fourth-order valence-electron chi connectivity index (χ4n) is 4.53. The predicted molar refractivity (Wildman–Crippen MR) is 109 cm³/mol. The lowest BCUT2D eigenvalue weighted by Gasteiger charge is -2.48. The number of fused-ring (bicyclic) bond motifs is 1. The number of nitrogens with zero attached hydrogens (tertiary/aromatic N) is 6. The first-order chi connectivity index (χ1) is 14.1. The highest BCUT2D eigenvalue weighted by Crippen LogP contribution is 2.47. The van der Waals surface area contributed by atoms with Crippen molar-refractivity contribution in [3.8, 4) is 6.01 Å². The minimum atomic E-state index is -0.129. The van der Waals surface area contributed by atoms with Crippen molar-refractivity contribution >= 4 is 39.5 Å². The van der Waals surface area contributed by atoms with Crippen molar-refractivity contribution in [2.45, 2.75) is 25.3 Å². The van der Waals surface area contributed by atoms with Crippen LogP contribution in [0.15, 0.2) is 18.6 Å². The molecule has 1 saturated heterocycles. The maximum atomic E-state index is 12.5. The van der Waals surface area contributed by atoms with Crippen molar-refractivity contribution in [2.24, 2.45) is 5.41 Å². The van der Waals surface area contributed by atoms with Crippen LogP contribution in [0.1, 0.15) is 19.3 Å². The maximum Gasteiger partial charge on any atom is 0.329 e. The molecule has 2 aliphatic rings. The number of aromatic amines is 1. The van der Waals surface area contributed by atoms with Gasteiger partial charge in [-0.3, -0.25) is 5.32 Å². The maximum absolute atomic E-state index is 12.5. The van der Waals surface area contributed by atoms with Crippen LogP contribution >= 0.6 is 11.5 Å². The molecule has 10 nitrogen and oxygen atoms in total. The van der Waals surface area contributed by atoms with E-state index in [2.05, 4.69) is 41.6 Å². The SMILES string of the molecule is COc1nsc(NC(=O)N2CC3(CC[C@H](N(C)c4ncnc5[nH]ccc45)C3)C2)n1. The number of carbonyl (C=O) groups excluding carboxylic acids is 1. The van der Waals surface area contributed by atoms with Crippen LogP contribution in [0.4, 0.5) is 15.7 Å². The third-order valence-corrected chi connectivity index (χ3v) is 6.65. The third kappa shape index (κ3) is 3.15. The average molecular weight is 414 g/mol. The molecule has 1 spiro atoms. The largest absolute Gasteiger partial charge is 0.466 e. The van der Waals surface area contributed by atoms with Crippen LogP contribution in [0.2, 0.25) is 0 Å². The molecule has 1 aliphatic carbocycles. The molecule has 3 aromatic heterocycles. The molecule has 0 aromatic carbocycles. The second-order valence-electron chi connectivity index (χ2n) is 7.82. The molecule has 11 heteroatoms. The monoisotopic (exact) mass is 414 g/mol. The number of anilines is 2. The van der Waals surface area contributed by atoms with Gasteiger partial charge in [-0.25, -0.2) is 14.8 Å². The number of ether oxygens (including phenoxy) is 1. The summed E-state index contributed by atoms with van der Waals surface area (Å²) in [6.07, 6.45) is 6.75. The normalized spacial score (nSPS) is 20.1. The Balaban J connectivity index is 1.20. The zero-order chi connectivity index (χ0) is 20.0. The van der Waals surface area contributed by atoms with Gasteiger partial charge in [-0.1, -0.05) is 0 Å². The summed E-state index contributed by atoms with van der Waals surface area (Å²) < 4.78 is 8.95. The molecular formula is C18H22N8O2S. The number of likely N-dealkylation sites (tertiary alicyclic amines) is 1. The zero-order valence-electron chi connectivity index (χ0n) is 16.3. The first-order valence-corrected chi connectivity index (χ1v) is 10.3. The van der Waals surface area contributed by atoms with Crippen molar-refractivity contribution in [2.75, 3.05) is 37.5 Å². The minimum absolute atomic E-state index is 0.129. The number of H-pyrrole nitrogens is 1. The Hall–Kier alpha value is -2.95. The van der Waals surface area contributed by atoms with E-state index in [-0.39, 0.29) is 17.5 Å². The van der Waals surface area contributed by atoms with Crippen molar-refractivity contribution in [1.82, 2.24) is 29.2 Å². The molecule has 1 aliphatic heterocycles. The van der Waals surface area contributed by atoms with E-state index in [9.17, 15) is 4.79 Å². The summed E-state index contributed by atoms with van der Waals surface area (Å²) in [7, 11) is 3.60. The molecule has 1 atom stereocenters. The fourth-order valence-corrected chi connectivity index (χ4v) is 5.06. The molecule has 0 unspecified atom stereocenters. The van der Waals surface area contributed by atoms with Crippen LogP contribution in [0.25, 0.3) is 11.0 Å². The highest BCUT2D eigenvalue weighted by molar-refractivity contribution is 7.10. The number of aromatic nitrogens is 5. The van der Waals surface area contributed by atoms with Gasteiger partial charge in [-0.05, 0) is 25.3 Å². The summed E-state index contributed by atoms with van der Waals surface area (Å²) >= 11 is 1.12. The molecule has 2 fully saturated rings. The van der Waals surface area contributed by atoms with E-state index in [0.717, 1.165) is 60.7 Å². The third-order valence-electron chi connectivity index (χ3n) is 6.03. The fraction of sp³-hybridized carbons (Fsp3) is 0.500. The van der Waals surface area contributed by atoms with E-state index in [4.69, 9.17) is 4.74 Å². The van der Waals surface area contributed by atoms with Gasteiger partial charge in [0.05, 0.1) is 12.5 Å². The molecule has 0 bridgehead atoms. The number of methoxy groups -OCH3 is 1. The summed E-state index contributed by atoms with van der Waals surface area (Å²) in [5, 5.41) is 4.30. The number of amides is 2. The molecule has 5 rings (SSSR count). The second-order valence-corrected chi connectivity index (χ2v) is 8.57. The van der Waals surface area contributed by atoms with Crippen LogP contribution in [0, 0.1) is 5.41 Å². The van der Waals surface area contributed by atoms with Gasteiger partial charge in [0.25, 0.3) is 0 Å². The molecule has 152 valence electrons. The van der Waals surface area contributed by atoms with E-state index < -0.39 is 0 Å². The van der Waals surface area contributed by atoms with Crippen LogP contribution in [-0.2, 0) is 0 Å². The predicted octanol–water partition coefficient (Wildman–Crippen LogP) is 2.34. The Kier molecular flexibility index (Phi) is 4.26. The van der Waals surface area contributed by atoms with Gasteiger partial charge < -0.3 is 19.5 Å². The van der Waals surface area contributed by atoms with Gasteiger partial charge in [0.2, 0.25) is 5.13 Å². The topological polar surface area (TPSA) is 112 Å². The highest BCUT2D eigenvalue weighted by Gasteiger charge is 2.50. The van der Waals surface area contributed by atoms with Gasteiger partial charge in [-0.2, -0.15) is 4.98 Å². The summed E-state index contributed by atoms with van der Waals surface area (Å²) in [6, 6.07) is 2.56. The number of urea groups is 1. The zero-order valence-corrected chi connectivity index (χ0v) is 17.1. The average Bonchev–Trinajstić information content (AvgIpc) is 3.44. The van der Waals surface area contributed by atoms with E-state index in [1.165, 1.54) is 7.11 Å². The number of nitrogens with one attached hydrogen (secondary N) is 2. The Morgan fingerprint density at radius 3 is 3.10 bits per heavy atom. The van der Waals surface area contributed by atoms with E-state index in [1.54, 1.807) is 6.33 Å². The first-order valence-electron chi connectivity index (χ1n) is 9.51. The molecule has 0 radical (unpaired) electrons. The Labute approximate surface area is 171 Å². The highest BCUT2D eigenvalue weighted by atomic mass is 32.1. The number of carbonyl (C=O) groups is 1. The molecule has 4 heterocycles. The molecule has 2 amide bonds. The smallest absolute Gasteiger partial charge is 0.329 e. The van der Waals surface area contributed by atoms with Crippen LogP contribution in [0.5, 0.6) is 6.01 Å². The first kappa shape index (κ1) is 18.1. The summed E-state index contributed by atoms with van der Waals surface area (Å²) in [5.74, 6) is 0.956. The van der Waals surface area contributed by atoms with E-state index >= 15 is 0 Å². The molecule has 2 N–H and O–H groups in total. The van der Waals surface area contributed by atoms with Crippen molar-refractivity contribution in [3.63, 3.8) is 0 Å². The lowest BCUT2D eigenvalue weighted by atomic mass is 9.78. The van der Waals surface area contributed by atoms with Crippen LogP contribution in [0.3, 0.4) is 0 Å². The molecular weight excluding hydrogens is 392 g/mol. The van der Waals surface area contributed by atoms with E-state index in [1.807, 2.05) is 17.2 Å². The summed E-state index contributed by atoms with van der Waals surface area (Å²) in [4.78, 5) is 32.6. The molecule has 1 saturated carbocycles. The van der Waals surface area contributed by atoms with Gasteiger partial charge in [0.1, 0.15) is 17.8 Å². The van der Waals surface area contributed by atoms with Gasteiger partial charge in [-0.15, -0.1) is 4.37 Å². The Morgan fingerprint density at radius 1 is 1.45 bits per heavy atom. The number of hydrogen-bond donors (Lipinski definition) is 2. The second kappa shape index (κ2) is 6.83. The quantitative estimate of drug-likeness (QED) is 0.674. The van der Waals surface area contributed by atoms with Crippen LogP contribution < -0.4 is 15.0 Å². The lowest BCUT2D eigenvalue weighted by Crippen LogP contribution is -2.58. The molecule has 29 heavy (non-hydrogen) atoms. The van der Waals surface area contributed by atoms with E-state index in [0.29, 0.717) is 11.2 Å². The van der Waals surface area contributed by atoms with Gasteiger partial charge in [0, 0.05) is 49.3 Å². The van der Waals surface area contributed by atoms with Gasteiger partial charge >= 0.3 is 12.0 Å². The number of hydrogen-bond acceptors (Lipinski definition) is 8. The van der Waals surface area contributed by atoms with Crippen molar-refractivity contribution in [1.29, 1.82) is 0 Å². The minimum Gasteiger partial charge on any atom is -0.466 e. The standard InChI is InChI=1S/C18H22N8O2S/c1-25(14-12-4-6-19-13(12)20-10-21-14)11-3-5-18(7-11)8-26(9-18)17(27)23-16-22-15(28-2)24-29-16/h4,6,10-11H,3,5,7-9H2,1-2H3,(H,19,20,21)(H,22,23,24,27)/t11-/m0/s1. The summed E-state index contributed by atoms with van der Waals surface area (Å²) in [5.41, 5.74) is 1.05. The van der Waals surface area contributed by atoms with Crippen LogP contribution in [-0.4, -0.2) is 68.5 Å². The Bertz CT molecular complexity index is 1040. The Morgan fingerprint density at radius 2 is 2.31 bits per heavy atom.